The predicted molar refractivity (Wildman–Crippen MR) is 145 cm³/mol. The topological polar surface area (TPSA) is 92.3 Å². The maximum Gasteiger partial charge on any atom is 0.220 e. The summed E-state index contributed by atoms with van der Waals surface area (Å²) in [6.07, 6.45) is 0. The van der Waals surface area contributed by atoms with Crippen molar-refractivity contribution in [2.75, 3.05) is 13.7 Å². The lowest BCUT2D eigenvalue weighted by Crippen LogP contribution is -2.11. The molecule has 4 aromatic rings. The van der Waals surface area contributed by atoms with Crippen molar-refractivity contribution >= 4 is 46.6 Å². The molecule has 0 unspecified atom stereocenters. The van der Waals surface area contributed by atoms with Crippen molar-refractivity contribution in [1.82, 2.24) is 14.8 Å². The molecule has 8 nitrogen and oxygen atoms in total. The predicted octanol–water partition coefficient (Wildman–Crippen LogP) is 7.23. The van der Waals surface area contributed by atoms with E-state index >= 15 is 0 Å². The molecule has 0 aliphatic heterocycles. The fourth-order valence-electron chi connectivity index (χ4n) is 3.59. The van der Waals surface area contributed by atoms with Crippen LogP contribution in [0.2, 0.25) is 15.1 Å². The monoisotopic (exact) mass is 578 g/mol. The Morgan fingerprint density at radius 3 is 2.32 bits per heavy atom. The third-order valence-electron chi connectivity index (χ3n) is 5.41. The molecular formula is C25H21Cl3N4O4S. The number of hydrogen-bond donors (Lipinski definition) is 0. The van der Waals surface area contributed by atoms with E-state index in [1.165, 1.54) is 11.8 Å². The van der Waals surface area contributed by atoms with Crippen LogP contribution in [0.4, 0.5) is 0 Å². The van der Waals surface area contributed by atoms with Gasteiger partial charge in [0.2, 0.25) is 6.54 Å². The Morgan fingerprint density at radius 1 is 1.03 bits per heavy atom. The smallest absolute Gasteiger partial charge is 0.220 e. The van der Waals surface area contributed by atoms with Crippen LogP contribution in [0.15, 0.2) is 65.8 Å². The highest BCUT2D eigenvalue weighted by Crippen LogP contribution is 2.42. The van der Waals surface area contributed by atoms with Gasteiger partial charge in [-0.25, -0.2) is 0 Å². The molecule has 1 aromatic heterocycles. The van der Waals surface area contributed by atoms with Crippen molar-refractivity contribution in [1.29, 1.82) is 0 Å². The van der Waals surface area contributed by atoms with Gasteiger partial charge < -0.3 is 9.47 Å². The van der Waals surface area contributed by atoms with Gasteiger partial charge in [0.05, 0.1) is 17.2 Å². The van der Waals surface area contributed by atoms with Crippen LogP contribution >= 0.6 is 46.6 Å². The number of aromatic nitrogens is 3. The van der Waals surface area contributed by atoms with Gasteiger partial charge in [-0.3, -0.25) is 14.7 Å². The normalized spacial score (nSPS) is 11.8. The van der Waals surface area contributed by atoms with E-state index in [4.69, 9.17) is 44.3 Å². The summed E-state index contributed by atoms with van der Waals surface area (Å²) in [4.78, 5) is 11.2. The minimum absolute atomic E-state index is 0.162. The van der Waals surface area contributed by atoms with Gasteiger partial charge in [0.15, 0.2) is 10.9 Å². The van der Waals surface area contributed by atoms with Gasteiger partial charge in [-0.15, -0.1) is 10.2 Å². The summed E-state index contributed by atoms with van der Waals surface area (Å²) in [6.45, 7) is 1.59. The second-order valence-electron chi connectivity index (χ2n) is 7.88. The van der Waals surface area contributed by atoms with Gasteiger partial charge in [0.25, 0.3) is 0 Å². The zero-order valence-corrected chi connectivity index (χ0v) is 22.8. The number of aryl methyl sites for hydroxylation is 1. The summed E-state index contributed by atoms with van der Waals surface area (Å²) in [5.41, 5.74) is 2.13. The highest BCUT2D eigenvalue weighted by molar-refractivity contribution is 7.99. The molecular weight excluding hydrogens is 559 g/mol. The van der Waals surface area contributed by atoms with E-state index in [0.29, 0.717) is 27.3 Å². The van der Waals surface area contributed by atoms with E-state index in [9.17, 15) is 10.1 Å². The highest BCUT2D eigenvalue weighted by Gasteiger charge is 2.26. The number of benzene rings is 3. The van der Waals surface area contributed by atoms with Gasteiger partial charge in [0.1, 0.15) is 23.4 Å². The average molecular weight is 580 g/mol. The number of rotatable bonds is 10. The maximum absolute atomic E-state index is 11.6. The zero-order chi connectivity index (χ0) is 26.5. The van der Waals surface area contributed by atoms with Crippen molar-refractivity contribution < 1.29 is 14.4 Å². The Kier molecular flexibility index (Phi) is 8.81. The second-order valence-corrected chi connectivity index (χ2v) is 10.3. The van der Waals surface area contributed by atoms with Gasteiger partial charge in [-0.05, 0) is 55.0 Å². The first-order valence-electron chi connectivity index (χ1n) is 11.0. The zero-order valence-electron chi connectivity index (χ0n) is 19.7. The van der Waals surface area contributed by atoms with E-state index < -0.39 is 5.25 Å². The number of nitrogens with zero attached hydrogens (tertiary/aromatic N) is 4. The minimum Gasteiger partial charge on any atom is -0.497 e. The van der Waals surface area contributed by atoms with E-state index in [2.05, 4.69) is 10.2 Å². The summed E-state index contributed by atoms with van der Waals surface area (Å²) in [7, 11) is 1.59. The number of hydrogen-bond acceptors (Lipinski definition) is 7. The first kappa shape index (κ1) is 27.1. The molecule has 0 radical (unpaired) electrons. The SMILES string of the molecule is COc1ccc(-n2c(C)nnc2S[C@H](C[N+](=O)[O-])c2cc(Cl)c(OCc3ccccc3Cl)c(Cl)c2)cc1. The molecule has 0 N–H and O–H groups in total. The molecule has 0 aliphatic carbocycles. The Bertz CT molecular complexity index is 1390. The van der Waals surface area contributed by atoms with Crippen molar-refractivity contribution in [2.45, 2.75) is 23.9 Å². The van der Waals surface area contributed by atoms with E-state index in [1.807, 2.05) is 54.0 Å². The van der Waals surface area contributed by atoms with Gasteiger partial charge in [-0.2, -0.15) is 0 Å². The first-order chi connectivity index (χ1) is 17.8. The van der Waals surface area contributed by atoms with E-state index in [0.717, 1.165) is 11.3 Å². The van der Waals surface area contributed by atoms with Crippen LogP contribution in [0.3, 0.4) is 0 Å². The molecule has 0 amide bonds. The first-order valence-corrected chi connectivity index (χ1v) is 13.0. The Balaban J connectivity index is 1.62. The summed E-state index contributed by atoms with van der Waals surface area (Å²) in [6, 6.07) is 17.9. The van der Waals surface area contributed by atoms with Gasteiger partial charge in [0, 0.05) is 21.2 Å². The van der Waals surface area contributed by atoms with Crippen LogP contribution in [0.1, 0.15) is 22.2 Å². The summed E-state index contributed by atoms with van der Waals surface area (Å²) in [5.74, 6) is 1.61. The fourth-order valence-corrected chi connectivity index (χ4v) is 5.55. The third-order valence-corrected chi connectivity index (χ3v) is 7.52. The summed E-state index contributed by atoms with van der Waals surface area (Å²) < 4.78 is 12.9. The van der Waals surface area contributed by atoms with Crippen LogP contribution < -0.4 is 9.47 Å². The standard InChI is InChI=1S/C25H21Cl3N4O4S/c1-15-29-30-25(32(15)18-7-9-19(35-2)10-8-18)37-23(13-31(33)34)17-11-21(27)24(22(28)12-17)36-14-16-5-3-4-6-20(16)26/h3-12,23H,13-14H2,1-2H3/t23-/m1/s1. The van der Waals surface area contributed by atoms with E-state index in [1.54, 1.807) is 25.3 Å². The van der Waals surface area contributed by atoms with Crippen LogP contribution in [-0.4, -0.2) is 33.3 Å². The van der Waals surface area contributed by atoms with Crippen LogP contribution in [0, 0.1) is 17.0 Å². The largest absolute Gasteiger partial charge is 0.497 e. The third kappa shape index (κ3) is 6.48. The molecule has 4 rings (SSSR count). The average Bonchev–Trinajstić information content (AvgIpc) is 3.23. The molecule has 0 saturated heterocycles. The van der Waals surface area contributed by atoms with Crippen LogP contribution in [0.5, 0.6) is 11.5 Å². The molecule has 1 atom stereocenters. The van der Waals surface area contributed by atoms with Gasteiger partial charge in [-0.1, -0.05) is 64.8 Å². The molecule has 3 aromatic carbocycles. The quantitative estimate of drug-likeness (QED) is 0.111. The lowest BCUT2D eigenvalue weighted by atomic mass is 10.1. The molecule has 0 fully saturated rings. The molecule has 37 heavy (non-hydrogen) atoms. The Labute approximate surface area is 232 Å². The van der Waals surface area contributed by atoms with Crippen molar-refractivity contribution in [3.05, 3.63) is 103 Å². The number of methoxy groups -OCH3 is 1. The number of nitro groups is 1. The Hall–Kier alpha value is -2.98. The maximum atomic E-state index is 11.6. The number of thioether (sulfide) groups is 1. The van der Waals surface area contributed by atoms with Crippen molar-refractivity contribution in [3.8, 4) is 17.2 Å². The molecule has 0 aliphatic rings. The lowest BCUT2D eigenvalue weighted by Gasteiger charge is -2.17. The summed E-state index contributed by atoms with van der Waals surface area (Å²) in [5, 5.41) is 20.9. The van der Waals surface area contributed by atoms with Gasteiger partial charge >= 0.3 is 0 Å². The number of halogens is 3. The molecule has 192 valence electrons. The van der Waals surface area contributed by atoms with Crippen molar-refractivity contribution in [2.24, 2.45) is 0 Å². The Morgan fingerprint density at radius 2 is 1.70 bits per heavy atom. The summed E-state index contributed by atoms with van der Waals surface area (Å²) >= 11 is 20.4. The molecule has 0 saturated carbocycles. The lowest BCUT2D eigenvalue weighted by molar-refractivity contribution is -0.479. The molecule has 0 bridgehead atoms. The highest BCUT2D eigenvalue weighted by atomic mass is 35.5. The second kappa shape index (κ2) is 12.0. The van der Waals surface area contributed by atoms with Crippen LogP contribution in [-0.2, 0) is 6.61 Å². The van der Waals surface area contributed by atoms with Crippen LogP contribution in [0.25, 0.3) is 5.69 Å². The van der Waals surface area contributed by atoms with E-state index in [-0.39, 0.29) is 33.9 Å². The molecule has 12 heteroatoms. The fraction of sp³-hybridized carbons (Fsp3) is 0.200. The molecule has 1 heterocycles. The van der Waals surface area contributed by atoms with Crippen molar-refractivity contribution in [3.63, 3.8) is 0 Å². The molecule has 0 spiro atoms. The minimum atomic E-state index is -0.650. The number of ether oxygens (including phenoxy) is 2.